The van der Waals surface area contributed by atoms with Crippen LogP contribution < -0.4 is 5.73 Å². The Kier molecular flexibility index (Phi) is 3.85. The molecule has 2 saturated heterocycles. The van der Waals surface area contributed by atoms with Crippen LogP contribution in [0.1, 0.15) is 24.0 Å². The second kappa shape index (κ2) is 5.47. The first-order valence-electron chi connectivity index (χ1n) is 7.84. The number of benzene rings is 1. The van der Waals surface area contributed by atoms with Crippen molar-refractivity contribution >= 4 is 0 Å². The first kappa shape index (κ1) is 14.1. The zero-order chi connectivity index (χ0) is 14.2. The van der Waals surface area contributed by atoms with Gasteiger partial charge in [0.2, 0.25) is 0 Å². The predicted octanol–water partition coefficient (Wildman–Crippen LogP) is 1.85. The van der Waals surface area contributed by atoms with Crippen molar-refractivity contribution in [3.63, 3.8) is 0 Å². The van der Waals surface area contributed by atoms with Crippen molar-refractivity contribution in [2.24, 2.45) is 11.7 Å². The maximum Gasteiger partial charge on any atom is 0.0385 e. The summed E-state index contributed by atoms with van der Waals surface area (Å²) in [6, 6.07) is 8.72. The van der Waals surface area contributed by atoms with Crippen molar-refractivity contribution in [2.45, 2.75) is 31.8 Å². The summed E-state index contributed by atoms with van der Waals surface area (Å²) in [6.07, 6.45) is 2.53. The highest BCUT2D eigenvalue weighted by Gasteiger charge is 2.47. The molecule has 0 amide bonds. The van der Waals surface area contributed by atoms with E-state index in [0.717, 1.165) is 19.0 Å². The van der Waals surface area contributed by atoms with Crippen LogP contribution in [0, 0.1) is 12.8 Å². The van der Waals surface area contributed by atoms with E-state index in [4.69, 9.17) is 5.73 Å². The maximum absolute atomic E-state index is 6.26. The van der Waals surface area contributed by atoms with E-state index in [1.807, 2.05) is 0 Å². The topological polar surface area (TPSA) is 32.5 Å². The maximum atomic E-state index is 6.26. The molecule has 0 aromatic heterocycles. The number of nitrogens with two attached hydrogens (primary N) is 1. The number of hydrogen-bond acceptors (Lipinski definition) is 3. The van der Waals surface area contributed by atoms with E-state index < -0.39 is 0 Å². The molecule has 1 aromatic carbocycles. The fraction of sp³-hybridized carbons (Fsp3) is 0.647. The van der Waals surface area contributed by atoms with E-state index in [1.54, 1.807) is 0 Å². The van der Waals surface area contributed by atoms with Crippen LogP contribution in [0.2, 0.25) is 0 Å². The number of likely N-dealkylation sites (N-methyl/N-ethyl adjacent to an activating group) is 1. The summed E-state index contributed by atoms with van der Waals surface area (Å²) < 4.78 is 0. The SMILES string of the molecule is Cc1ccccc1CN(C)C1(CN)CCN2CCC1C2. The number of piperidine rings is 1. The van der Waals surface area contributed by atoms with Gasteiger partial charge in [-0.25, -0.2) is 0 Å². The van der Waals surface area contributed by atoms with Crippen molar-refractivity contribution in [3.8, 4) is 0 Å². The quantitative estimate of drug-likeness (QED) is 0.909. The van der Waals surface area contributed by atoms with E-state index >= 15 is 0 Å². The molecule has 0 spiro atoms. The standard InChI is InChI=1S/C17H27N3/c1-14-5-3-4-6-15(14)11-19(2)17(13-18)8-10-20-9-7-16(17)12-20/h3-6,16H,7-13,18H2,1-2H3. The molecule has 2 fully saturated rings. The molecule has 0 aliphatic carbocycles. The minimum absolute atomic E-state index is 0.204. The fourth-order valence-corrected chi connectivity index (χ4v) is 4.16. The van der Waals surface area contributed by atoms with Gasteiger partial charge in [-0.05, 0) is 56.9 Å². The summed E-state index contributed by atoms with van der Waals surface area (Å²) >= 11 is 0. The lowest BCUT2D eigenvalue weighted by molar-refractivity contribution is 0.0211. The van der Waals surface area contributed by atoms with Crippen LogP contribution in [-0.4, -0.2) is 48.6 Å². The lowest BCUT2D eigenvalue weighted by Crippen LogP contribution is -2.60. The third kappa shape index (κ3) is 2.28. The molecule has 3 heteroatoms. The van der Waals surface area contributed by atoms with Crippen molar-refractivity contribution in [3.05, 3.63) is 35.4 Å². The lowest BCUT2D eigenvalue weighted by atomic mass is 9.77. The van der Waals surface area contributed by atoms with E-state index in [-0.39, 0.29) is 5.54 Å². The summed E-state index contributed by atoms with van der Waals surface area (Å²) in [5.41, 5.74) is 9.28. The van der Waals surface area contributed by atoms with Gasteiger partial charge in [0.1, 0.15) is 0 Å². The summed E-state index contributed by atoms with van der Waals surface area (Å²) in [5.74, 6) is 0.746. The first-order chi connectivity index (χ1) is 9.65. The molecule has 3 nitrogen and oxygen atoms in total. The van der Waals surface area contributed by atoms with Crippen molar-refractivity contribution in [1.29, 1.82) is 0 Å². The van der Waals surface area contributed by atoms with Gasteiger partial charge < -0.3 is 10.6 Å². The molecule has 2 aliphatic rings. The molecule has 110 valence electrons. The average Bonchev–Trinajstić information content (AvgIpc) is 2.86. The van der Waals surface area contributed by atoms with Gasteiger partial charge in [-0.2, -0.15) is 0 Å². The number of fused-ring (bicyclic) bond motifs is 2. The zero-order valence-corrected chi connectivity index (χ0v) is 12.8. The molecular formula is C17H27N3. The number of rotatable bonds is 4. The highest BCUT2D eigenvalue weighted by molar-refractivity contribution is 5.25. The van der Waals surface area contributed by atoms with E-state index in [2.05, 4.69) is 48.0 Å². The monoisotopic (exact) mass is 273 g/mol. The van der Waals surface area contributed by atoms with Crippen LogP contribution in [0.3, 0.4) is 0 Å². The highest BCUT2D eigenvalue weighted by atomic mass is 15.3. The summed E-state index contributed by atoms with van der Waals surface area (Å²) in [4.78, 5) is 5.14. The Labute approximate surface area is 122 Å². The highest BCUT2D eigenvalue weighted by Crippen LogP contribution is 2.39. The van der Waals surface area contributed by atoms with E-state index in [9.17, 15) is 0 Å². The molecule has 3 unspecified atom stereocenters. The third-order valence-electron chi connectivity index (χ3n) is 5.68. The second-order valence-electron chi connectivity index (χ2n) is 6.63. The first-order valence-corrected chi connectivity index (χ1v) is 7.84. The lowest BCUT2D eigenvalue weighted by Gasteiger charge is -2.48. The average molecular weight is 273 g/mol. The minimum atomic E-state index is 0.204. The number of aryl methyl sites for hydroxylation is 1. The van der Waals surface area contributed by atoms with Crippen LogP contribution in [0.15, 0.2) is 24.3 Å². The minimum Gasteiger partial charge on any atom is -0.329 e. The Hall–Kier alpha value is -0.900. The molecule has 3 atom stereocenters. The van der Waals surface area contributed by atoms with Gasteiger partial charge in [-0.15, -0.1) is 0 Å². The Balaban J connectivity index is 1.80. The molecule has 2 bridgehead atoms. The summed E-state index contributed by atoms with van der Waals surface area (Å²) in [6.45, 7) is 7.73. The molecule has 0 saturated carbocycles. The van der Waals surface area contributed by atoms with E-state index in [0.29, 0.717) is 0 Å². The Morgan fingerprint density at radius 3 is 2.90 bits per heavy atom. The molecule has 2 heterocycles. The van der Waals surface area contributed by atoms with Crippen molar-refractivity contribution in [2.75, 3.05) is 33.2 Å². The molecule has 2 aliphatic heterocycles. The molecule has 20 heavy (non-hydrogen) atoms. The van der Waals surface area contributed by atoms with Crippen molar-refractivity contribution < 1.29 is 0 Å². The Morgan fingerprint density at radius 2 is 2.15 bits per heavy atom. The van der Waals surface area contributed by atoms with Crippen LogP contribution in [0.5, 0.6) is 0 Å². The van der Waals surface area contributed by atoms with Gasteiger partial charge in [-0.1, -0.05) is 24.3 Å². The van der Waals surface area contributed by atoms with Gasteiger partial charge in [0.25, 0.3) is 0 Å². The van der Waals surface area contributed by atoms with Gasteiger partial charge in [-0.3, -0.25) is 4.90 Å². The Morgan fingerprint density at radius 1 is 1.35 bits per heavy atom. The molecule has 0 radical (unpaired) electrons. The second-order valence-corrected chi connectivity index (χ2v) is 6.63. The van der Waals surface area contributed by atoms with Crippen LogP contribution >= 0.6 is 0 Å². The Bertz CT molecular complexity index is 473. The van der Waals surface area contributed by atoms with Gasteiger partial charge in [0, 0.05) is 25.2 Å². The predicted molar refractivity (Wildman–Crippen MR) is 83.6 cm³/mol. The molecule has 3 rings (SSSR count). The normalized spacial score (nSPS) is 32.8. The smallest absolute Gasteiger partial charge is 0.0385 e. The zero-order valence-electron chi connectivity index (χ0n) is 12.8. The molecule has 2 N–H and O–H groups in total. The summed E-state index contributed by atoms with van der Waals surface area (Å²) in [7, 11) is 2.27. The third-order valence-corrected chi connectivity index (χ3v) is 5.68. The van der Waals surface area contributed by atoms with Crippen LogP contribution in [-0.2, 0) is 6.54 Å². The van der Waals surface area contributed by atoms with Crippen molar-refractivity contribution in [1.82, 2.24) is 9.80 Å². The fourth-order valence-electron chi connectivity index (χ4n) is 4.16. The molecular weight excluding hydrogens is 246 g/mol. The molecule has 1 aromatic rings. The van der Waals surface area contributed by atoms with Gasteiger partial charge in [0.15, 0.2) is 0 Å². The van der Waals surface area contributed by atoms with Gasteiger partial charge >= 0.3 is 0 Å². The van der Waals surface area contributed by atoms with Crippen LogP contribution in [0.4, 0.5) is 0 Å². The number of nitrogens with zero attached hydrogens (tertiary/aromatic N) is 2. The van der Waals surface area contributed by atoms with E-state index in [1.165, 1.54) is 43.6 Å². The number of hydrogen-bond donors (Lipinski definition) is 1. The van der Waals surface area contributed by atoms with Crippen LogP contribution in [0.25, 0.3) is 0 Å². The summed E-state index contributed by atoms with van der Waals surface area (Å²) in [5, 5.41) is 0. The largest absolute Gasteiger partial charge is 0.329 e. The van der Waals surface area contributed by atoms with Gasteiger partial charge in [0.05, 0.1) is 0 Å².